The van der Waals surface area contributed by atoms with Crippen molar-refractivity contribution in [2.75, 3.05) is 26.3 Å². The summed E-state index contributed by atoms with van der Waals surface area (Å²) < 4.78 is 69.5. The lowest BCUT2D eigenvalue weighted by molar-refractivity contribution is -0.137. The van der Waals surface area contributed by atoms with Crippen LogP contribution in [0.3, 0.4) is 0 Å². The van der Waals surface area contributed by atoms with Crippen LogP contribution >= 0.6 is 0 Å². The van der Waals surface area contributed by atoms with Crippen molar-refractivity contribution in [2.24, 2.45) is 5.10 Å². The smallest absolute Gasteiger partial charge is 0.379 e. The molecule has 0 spiro atoms. The van der Waals surface area contributed by atoms with Gasteiger partial charge in [-0.1, -0.05) is 18.2 Å². The first-order chi connectivity index (χ1) is 14.2. The first kappa shape index (κ1) is 21.9. The zero-order valence-corrected chi connectivity index (χ0v) is 16.4. The summed E-state index contributed by atoms with van der Waals surface area (Å²) >= 11 is 0. The molecule has 0 aromatic heterocycles. The molecule has 1 aliphatic heterocycles. The Morgan fingerprint density at radius 3 is 2.40 bits per heavy atom. The normalized spacial score (nSPS) is 16.0. The van der Waals surface area contributed by atoms with Gasteiger partial charge in [0.25, 0.3) is 5.91 Å². The third-order valence-electron chi connectivity index (χ3n) is 4.32. The topological polar surface area (TPSA) is 88.1 Å². The number of carbonyl (C=O) groups is 1. The summed E-state index contributed by atoms with van der Waals surface area (Å²) in [6.07, 6.45) is -3.25. The van der Waals surface area contributed by atoms with Gasteiger partial charge in [-0.3, -0.25) is 4.79 Å². The van der Waals surface area contributed by atoms with Crippen LogP contribution in [0, 0.1) is 0 Å². The van der Waals surface area contributed by atoms with Gasteiger partial charge < -0.3 is 4.74 Å². The maximum absolute atomic E-state index is 12.7. The fraction of sp³-hybridized carbons (Fsp3) is 0.263. The molecule has 7 nitrogen and oxygen atoms in total. The molecule has 2 aromatic rings. The van der Waals surface area contributed by atoms with Crippen molar-refractivity contribution in [3.63, 3.8) is 0 Å². The van der Waals surface area contributed by atoms with Crippen LogP contribution in [0.5, 0.6) is 0 Å². The maximum Gasteiger partial charge on any atom is 0.416 e. The average Bonchev–Trinajstić information content (AvgIpc) is 2.74. The van der Waals surface area contributed by atoms with E-state index in [9.17, 15) is 26.4 Å². The van der Waals surface area contributed by atoms with Crippen molar-refractivity contribution in [2.45, 2.75) is 11.1 Å². The molecule has 2 aromatic carbocycles. The van der Waals surface area contributed by atoms with Gasteiger partial charge in [0.15, 0.2) is 0 Å². The number of morpholine rings is 1. The van der Waals surface area contributed by atoms with E-state index in [0.717, 1.165) is 12.1 Å². The number of hydrogen-bond acceptors (Lipinski definition) is 5. The van der Waals surface area contributed by atoms with Gasteiger partial charge in [0.1, 0.15) is 0 Å². The summed E-state index contributed by atoms with van der Waals surface area (Å²) in [7, 11) is -3.75. The fourth-order valence-corrected chi connectivity index (χ4v) is 4.18. The number of nitrogens with one attached hydrogen (secondary N) is 1. The van der Waals surface area contributed by atoms with E-state index in [1.807, 2.05) is 0 Å². The number of amides is 1. The third kappa shape index (κ3) is 5.23. The van der Waals surface area contributed by atoms with E-state index < -0.39 is 27.7 Å². The van der Waals surface area contributed by atoms with Crippen LogP contribution in [0.15, 0.2) is 58.5 Å². The first-order valence-electron chi connectivity index (χ1n) is 8.86. The van der Waals surface area contributed by atoms with Crippen molar-refractivity contribution in [1.29, 1.82) is 0 Å². The zero-order chi connectivity index (χ0) is 21.8. The average molecular weight is 441 g/mol. The molecule has 1 aliphatic rings. The number of carbonyl (C=O) groups excluding carboxylic acids is 1. The number of hydrogen-bond donors (Lipinski definition) is 1. The summed E-state index contributed by atoms with van der Waals surface area (Å²) in [5.41, 5.74) is 1.87. The number of halogens is 3. The first-order valence-corrected chi connectivity index (χ1v) is 10.3. The monoisotopic (exact) mass is 441 g/mol. The lowest BCUT2D eigenvalue weighted by Gasteiger charge is -2.26. The second kappa shape index (κ2) is 8.94. The number of ether oxygens (including phenoxy) is 1. The minimum atomic E-state index is -4.43. The Balaban J connectivity index is 1.67. The van der Waals surface area contributed by atoms with E-state index in [4.69, 9.17) is 4.74 Å². The second-order valence-corrected chi connectivity index (χ2v) is 8.30. The SMILES string of the molecule is O=C(NN=Cc1ccc(C(F)(F)F)cc1)c1cccc(S(=O)(=O)N2CCOCC2)c1. The van der Waals surface area contributed by atoms with Crippen molar-refractivity contribution in [3.8, 4) is 0 Å². The summed E-state index contributed by atoms with van der Waals surface area (Å²) in [5.74, 6) is -0.655. The molecule has 0 unspecified atom stereocenters. The van der Waals surface area contributed by atoms with Crippen molar-refractivity contribution < 1.29 is 31.1 Å². The van der Waals surface area contributed by atoms with E-state index in [2.05, 4.69) is 10.5 Å². The largest absolute Gasteiger partial charge is 0.416 e. The Bertz CT molecular complexity index is 1030. The summed E-state index contributed by atoms with van der Waals surface area (Å²) in [6.45, 7) is 1.07. The zero-order valence-electron chi connectivity index (χ0n) is 15.6. The van der Waals surface area contributed by atoms with Gasteiger partial charge in [-0.15, -0.1) is 0 Å². The Morgan fingerprint density at radius 2 is 1.77 bits per heavy atom. The quantitative estimate of drug-likeness (QED) is 0.571. The van der Waals surface area contributed by atoms with Gasteiger partial charge in [-0.05, 0) is 35.9 Å². The molecule has 1 heterocycles. The molecule has 3 rings (SSSR count). The van der Waals surface area contributed by atoms with Gasteiger partial charge in [0.2, 0.25) is 10.0 Å². The van der Waals surface area contributed by atoms with Crippen LogP contribution in [0.25, 0.3) is 0 Å². The maximum atomic E-state index is 12.7. The number of hydrazone groups is 1. The highest BCUT2D eigenvalue weighted by molar-refractivity contribution is 7.89. The van der Waals surface area contributed by atoms with Crippen LogP contribution in [0.4, 0.5) is 13.2 Å². The molecule has 1 fully saturated rings. The van der Waals surface area contributed by atoms with Crippen molar-refractivity contribution >= 4 is 22.1 Å². The highest BCUT2D eigenvalue weighted by Crippen LogP contribution is 2.28. The third-order valence-corrected chi connectivity index (χ3v) is 6.22. The van der Waals surface area contributed by atoms with Gasteiger partial charge in [-0.2, -0.15) is 22.6 Å². The van der Waals surface area contributed by atoms with Crippen LogP contribution in [-0.4, -0.2) is 51.1 Å². The van der Waals surface area contributed by atoms with E-state index in [1.165, 1.54) is 46.9 Å². The van der Waals surface area contributed by atoms with Gasteiger partial charge >= 0.3 is 6.18 Å². The number of nitrogens with zero attached hydrogens (tertiary/aromatic N) is 2. The molecule has 160 valence electrons. The Morgan fingerprint density at radius 1 is 1.10 bits per heavy atom. The Hall–Kier alpha value is -2.76. The molecule has 0 aliphatic carbocycles. The molecule has 1 saturated heterocycles. The predicted molar refractivity (Wildman–Crippen MR) is 103 cm³/mol. The number of rotatable bonds is 5. The van der Waals surface area contributed by atoms with Gasteiger partial charge in [0.05, 0.1) is 29.9 Å². The lowest BCUT2D eigenvalue weighted by Crippen LogP contribution is -2.40. The second-order valence-electron chi connectivity index (χ2n) is 6.36. The number of sulfonamides is 1. The predicted octanol–water partition coefficient (Wildman–Crippen LogP) is 2.49. The minimum absolute atomic E-state index is 0.0243. The molecular weight excluding hydrogens is 423 g/mol. The highest BCUT2D eigenvalue weighted by Gasteiger charge is 2.30. The molecule has 30 heavy (non-hydrogen) atoms. The Labute approximate surface area is 171 Å². The van der Waals surface area contributed by atoms with E-state index in [0.29, 0.717) is 18.8 Å². The van der Waals surface area contributed by atoms with Crippen LogP contribution in [-0.2, 0) is 20.9 Å². The van der Waals surface area contributed by atoms with Crippen molar-refractivity contribution in [3.05, 3.63) is 65.2 Å². The standard InChI is InChI=1S/C19H18F3N3O4S/c20-19(21,22)16-6-4-14(5-7-16)13-23-24-18(26)15-2-1-3-17(12-15)30(27,28)25-8-10-29-11-9-25/h1-7,12-13H,8-11H2,(H,24,26). The molecular formula is C19H18F3N3O4S. The summed E-state index contributed by atoms with van der Waals surface area (Å²) in [4.78, 5) is 12.2. The van der Waals surface area contributed by atoms with Gasteiger partial charge in [-0.25, -0.2) is 13.8 Å². The van der Waals surface area contributed by atoms with E-state index in [-0.39, 0.29) is 23.5 Å². The minimum Gasteiger partial charge on any atom is -0.379 e. The molecule has 1 N–H and O–H groups in total. The van der Waals surface area contributed by atoms with Gasteiger partial charge in [0, 0.05) is 18.7 Å². The fourth-order valence-electron chi connectivity index (χ4n) is 2.72. The lowest BCUT2D eigenvalue weighted by atomic mass is 10.1. The number of alkyl halides is 3. The van der Waals surface area contributed by atoms with Crippen molar-refractivity contribution in [1.82, 2.24) is 9.73 Å². The summed E-state index contributed by atoms with van der Waals surface area (Å²) in [6, 6.07) is 9.76. The highest BCUT2D eigenvalue weighted by atomic mass is 32.2. The molecule has 1 amide bonds. The van der Waals surface area contributed by atoms with E-state index >= 15 is 0 Å². The molecule has 11 heteroatoms. The molecule has 0 atom stereocenters. The number of benzene rings is 2. The van der Waals surface area contributed by atoms with Crippen LogP contribution in [0.2, 0.25) is 0 Å². The molecule has 0 bridgehead atoms. The molecule has 0 saturated carbocycles. The van der Waals surface area contributed by atoms with E-state index in [1.54, 1.807) is 0 Å². The molecule has 0 radical (unpaired) electrons. The van der Waals surface area contributed by atoms with Crippen LogP contribution in [0.1, 0.15) is 21.5 Å². The summed E-state index contributed by atoms with van der Waals surface area (Å²) in [5, 5.41) is 3.71. The van der Waals surface area contributed by atoms with Crippen LogP contribution < -0.4 is 5.43 Å². The Kier molecular flexibility index (Phi) is 6.54.